The molecule has 0 saturated carbocycles. The maximum absolute atomic E-state index is 11.0. The first-order valence-corrected chi connectivity index (χ1v) is 7.48. The largest absolute Gasteiger partial charge is 0.495 e. The number of carbonyl (C=O) groups excluding carboxylic acids is 1. The molecule has 2 atom stereocenters. The molecule has 6 nitrogen and oxygen atoms in total. The Morgan fingerprint density at radius 2 is 2.25 bits per heavy atom. The van der Waals surface area contributed by atoms with E-state index in [1.54, 1.807) is 12.1 Å². The van der Waals surface area contributed by atoms with E-state index in [-0.39, 0.29) is 17.8 Å². The highest BCUT2D eigenvalue weighted by Crippen LogP contribution is 2.26. The van der Waals surface area contributed by atoms with Gasteiger partial charge in [0.15, 0.2) is 0 Å². The van der Waals surface area contributed by atoms with Crippen molar-refractivity contribution in [3.63, 3.8) is 0 Å². The smallest absolute Gasteiger partial charge is 0.259 e. The number of rotatable bonds is 7. The summed E-state index contributed by atoms with van der Waals surface area (Å²) in [5.41, 5.74) is 1.26. The van der Waals surface area contributed by atoms with Crippen LogP contribution in [0.2, 0.25) is 0 Å². The van der Waals surface area contributed by atoms with Crippen LogP contribution >= 0.6 is 11.6 Å². The minimum absolute atomic E-state index is 0.154. The third-order valence-corrected chi connectivity index (χ3v) is 3.30. The minimum Gasteiger partial charge on any atom is -0.495 e. The lowest BCUT2D eigenvalue weighted by Gasteiger charge is -2.16. The van der Waals surface area contributed by atoms with Gasteiger partial charge in [-0.05, 0) is 24.1 Å². The summed E-state index contributed by atoms with van der Waals surface area (Å²) in [4.78, 5) is 11.0. The van der Waals surface area contributed by atoms with Crippen molar-refractivity contribution < 1.29 is 18.3 Å². The number of alkyl halides is 1. The second-order valence-corrected chi connectivity index (χ2v) is 5.15. The van der Waals surface area contributed by atoms with Crippen molar-refractivity contribution in [3.05, 3.63) is 23.8 Å². The number of ether oxygens (including phenoxy) is 1. The Bertz CT molecular complexity index is 498. The summed E-state index contributed by atoms with van der Waals surface area (Å²) < 4.78 is 27.2. The van der Waals surface area contributed by atoms with Crippen molar-refractivity contribution in [2.24, 2.45) is 0 Å². The molecular formula is C12H17ClN2O4S. The third kappa shape index (κ3) is 5.36. The zero-order chi connectivity index (χ0) is 15.1. The molecule has 1 aromatic carbocycles. The molecule has 0 aliphatic rings. The van der Waals surface area contributed by atoms with E-state index in [1.165, 1.54) is 14.0 Å². The van der Waals surface area contributed by atoms with Crippen LogP contribution in [-0.4, -0.2) is 33.7 Å². The standard InChI is InChI=1S/C12H17ClN2O4S/c1-8(16)14-10(7-13)5-9-3-4-12(19-2)11(6-9)15-20(17)18/h3-4,6,10,15H,5,7H2,1-2H3,(H,14,16)(H,17,18)/t10-/m0/s1. The second-order valence-electron chi connectivity index (χ2n) is 4.14. The van der Waals surface area contributed by atoms with Crippen molar-refractivity contribution >= 4 is 34.5 Å². The van der Waals surface area contributed by atoms with Crippen molar-refractivity contribution in [1.29, 1.82) is 0 Å². The fourth-order valence-corrected chi connectivity index (χ4v) is 2.31. The van der Waals surface area contributed by atoms with Crippen molar-refractivity contribution in [1.82, 2.24) is 5.32 Å². The third-order valence-electron chi connectivity index (χ3n) is 2.54. The molecule has 8 heteroatoms. The van der Waals surface area contributed by atoms with E-state index in [1.807, 2.05) is 6.07 Å². The molecule has 0 radical (unpaired) electrons. The number of amides is 1. The van der Waals surface area contributed by atoms with Crippen LogP contribution in [0.4, 0.5) is 5.69 Å². The number of hydrogen-bond acceptors (Lipinski definition) is 3. The topological polar surface area (TPSA) is 87.7 Å². The van der Waals surface area contributed by atoms with E-state index in [0.717, 1.165) is 5.56 Å². The molecular weight excluding hydrogens is 304 g/mol. The molecule has 112 valence electrons. The van der Waals surface area contributed by atoms with E-state index in [9.17, 15) is 9.00 Å². The lowest BCUT2D eigenvalue weighted by Crippen LogP contribution is -2.36. The molecule has 1 rings (SSSR count). The maximum atomic E-state index is 11.0. The lowest BCUT2D eigenvalue weighted by molar-refractivity contribution is -0.119. The average molecular weight is 321 g/mol. The highest BCUT2D eigenvalue weighted by atomic mass is 35.5. The summed E-state index contributed by atoms with van der Waals surface area (Å²) in [5, 5.41) is 2.73. The maximum Gasteiger partial charge on any atom is 0.259 e. The van der Waals surface area contributed by atoms with Crippen molar-refractivity contribution in [2.75, 3.05) is 17.7 Å². The van der Waals surface area contributed by atoms with Crippen LogP contribution < -0.4 is 14.8 Å². The number of halogens is 1. The fraction of sp³-hybridized carbons (Fsp3) is 0.417. The Hall–Kier alpha value is -1.31. The van der Waals surface area contributed by atoms with Gasteiger partial charge in [0.05, 0.1) is 12.8 Å². The molecule has 1 amide bonds. The first-order chi connectivity index (χ1) is 9.46. The summed E-state index contributed by atoms with van der Waals surface area (Å²) in [5.74, 6) is 0.581. The van der Waals surface area contributed by atoms with Gasteiger partial charge in [0, 0.05) is 18.8 Å². The van der Waals surface area contributed by atoms with Gasteiger partial charge in [0.25, 0.3) is 11.3 Å². The first-order valence-electron chi connectivity index (χ1n) is 5.83. The Balaban J connectivity index is 2.89. The Kier molecular flexibility index (Phi) is 6.77. The number of carbonyl (C=O) groups is 1. The van der Waals surface area contributed by atoms with Crippen LogP contribution in [0.3, 0.4) is 0 Å². The van der Waals surface area contributed by atoms with Gasteiger partial charge in [-0.1, -0.05) is 6.07 Å². The molecule has 0 aliphatic carbocycles. The Morgan fingerprint density at radius 1 is 1.55 bits per heavy atom. The van der Waals surface area contributed by atoms with Gasteiger partial charge < -0.3 is 10.1 Å². The molecule has 0 spiro atoms. The fourth-order valence-electron chi connectivity index (χ4n) is 1.77. The van der Waals surface area contributed by atoms with E-state index in [2.05, 4.69) is 10.0 Å². The molecule has 0 bridgehead atoms. The summed E-state index contributed by atoms with van der Waals surface area (Å²) in [6.45, 7) is 1.43. The normalized spacial score (nSPS) is 13.4. The van der Waals surface area contributed by atoms with Crippen LogP contribution in [0.1, 0.15) is 12.5 Å². The number of nitrogens with one attached hydrogen (secondary N) is 2. The average Bonchev–Trinajstić information content (AvgIpc) is 2.37. The molecule has 20 heavy (non-hydrogen) atoms. The van der Waals surface area contributed by atoms with Crippen LogP contribution in [0.15, 0.2) is 18.2 Å². The predicted molar refractivity (Wildman–Crippen MR) is 79.4 cm³/mol. The van der Waals surface area contributed by atoms with Gasteiger partial charge in [-0.25, -0.2) is 4.21 Å². The second kappa shape index (κ2) is 8.08. The summed E-state index contributed by atoms with van der Waals surface area (Å²) in [6.07, 6.45) is 0.514. The molecule has 0 aromatic heterocycles. The first kappa shape index (κ1) is 16.7. The number of anilines is 1. The van der Waals surface area contributed by atoms with Crippen molar-refractivity contribution in [2.45, 2.75) is 19.4 Å². The molecule has 0 heterocycles. The zero-order valence-electron chi connectivity index (χ0n) is 11.2. The van der Waals surface area contributed by atoms with Crippen LogP contribution in [0.5, 0.6) is 5.75 Å². The predicted octanol–water partition coefficient (Wildman–Crippen LogP) is 1.53. The number of benzene rings is 1. The van der Waals surface area contributed by atoms with E-state index in [4.69, 9.17) is 20.9 Å². The van der Waals surface area contributed by atoms with Crippen LogP contribution in [0.25, 0.3) is 0 Å². The molecule has 0 fully saturated rings. The molecule has 0 saturated heterocycles. The van der Waals surface area contributed by atoms with E-state index in [0.29, 0.717) is 17.9 Å². The summed E-state index contributed by atoms with van der Waals surface area (Å²) >= 11 is 3.61. The van der Waals surface area contributed by atoms with Gasteiger partial charge in [0.1, 0.15) is 5.75 Å². The molecule has 0 aliphatic heterocycles. The lowest BCUT2D eigenvalue weighted by atomic mass is 10.1. The Labute approximate surface area is 125 Å². The van der Waals surface area contributed by atoms with E-state index < -0.39 is 11.3 Å². The highest BCUT2D eigenvalue weighted by Gasteiger charge is 2.12. The van der Waals surface area contributed by atoms with Crippen molar-refractivity contribution in [3.8, 4) is 5.75 Å². The Morgan fingerprint density at radius 3 is 2.75 bits per heavy atom. The zero-order valence-corrected chi connectivity index (χ0v) is 12.8. The SMILES string of the molecule is COc1ccc(C[C@@H](CCl)NC(C)=O)cc1NS(=O)O. The summed E-state index contributed by atoms with van der Waals surface area (Å²) in [6, 6.07) is 4.99. The molecule has 1 unspecified atom stereocenters. The quantitative estimate of drug-likeness (QED) is 0.525. The molecule has 3 N–H and O–H groups in total. The van der Waals surface area contributed by atoms with Gasteiger partial charge in [-0.3, -0.25) is 14.1 Å². The number of methoxy groups -OCH3 is 1. The number of hydrogen-bond donors (Lipinski definition) is 3. The monoisotopic (exact) mass is 320 g/mol. The van der Waals surface area contributed by atoms with Gasteiger partial charge in [-0.15, -0.1) is 11.6 Å². The van der Waals surface area contributed by atoms with Gasteiger partial charge >= 0.3 is 0 Å². The van der Waals surface area contributed by atoms with Crippen LogP contribution in [0, 0.1) is 0 Å². The minimum atomic E-state index is -2.19. The molecule has 1 aromatic rings. The van der Waals surface area contributed by atoms with Crippen LogP contribution in [-0.2, 0) is 22.5 Å². The van der Waals surface area contributed by atoms with Gasteiger partial charge in [-0.2, -0.15) is 0 Å². The summed E-state index contributed by atoms with van der Waals surface area (Å²) in [7, 11) is 1.47. The van der Waals surface area contributed by atoms with E-state index >= 15 is 0 Å². The highest BCUT2D eigenvalue weighted by molar-refractivity contribution is 7.80. The van der Waals surface area contributed by atoms with Gasteiger partial charge in [0.2, 0.25) is 5.91 Å².